The Balaban J connectivity index is 2.82. The number of hydrogen-bond acceptors (Lipinski definition) is 3. The zero-order valence-corrected chi connectivity index (χ0v) is 11.8. The van der Waals surface area contributed by atoms with Crippen LogP contribution < -0.4 is 16.0 Å². The molecule has 1 aromatic rings. The molecule has 0 aliphatic heterocycles. The van der Waals surface area contributed by atoms with E-state index >= 15 is 0 Å². The molecule has 0 radical (unpaired) electrons. The number of carbonyl (C=O) groups excluding carboxylic acids is 1. The van der Waals surface area contributed by atoms with Gasteiger partial charge in [0.1, 0.15) is 0 Å². The summed E-state index contributed by atoms with van der Waals surface area (Å²) in [5.74, 6) is 0.0108. The molecule has 0 fully saturated rings. The first-order valence-electron chi connectivity index (χ1n) is 5.65. The Morgan fingerprint density at radius 3 is 2.71 bits per heavy atom. The van der Waals surface area contributed by atoms with Crippen LogP contribution in [0.2, 0.25) is 0 Å². The minimum atomic E-state index is 0.0108. The molecule has 0 unspecified atom stereocenters. The normalized spacial score (nSPS) is 10.1. The zero-order chi connectivity index (χ0) is 12.8. The van der Waals surface area contributed by atoms with E-state index in [1.165, 1.54) is 0 Å². The van der Waals surface area contributed by atoms with Crippen molar-refractivity contribution in [3.63, 3.8) is 0 Å². The van der Waals surface area contributed by atoms with Gasteiger partial charge in [-0.3, -0.25) is 4.79 Å². The van der Waals surface area contributed by atoms with Crippen molar-refractivity contribution in [3.05, 3.63) is 22.7 Å². The second-order valence-electron chi connectivity index (χ2n) is 3.67. The average molecular weight is 300 g/mol. The van der Waals surface area contributed by atoms with Crippen LogP contribution in [0, 0.1) is 0 Å². The van der Waals surface area contributed by atoms with E-state index in [2.05, 4.69) is 21.2 Å². The standard InChI is InChI=1S/C12H18BrN3O/c1-3-15-12(17)8-16(4-2)11-6-5-9(13)7-10(11)14/h5-7H,3-4,8,14H2,1-2H3,(H,15,17). The van der Waals surface area contributed by atoms with Gasteiger partial charge in [-0.15, -0.1) is 0 Å². The fourth-order valence-electron chi connectivity index (χ4n) is 1.61. The zero-order valence-electron chi connectivity index (χ0n) is 10.2. The lowest BCUT2D eigenvalue weighted by Crippen LogP contribution is -2.37. The molecule has 0 aliphatic rings. The molecule has 0 saturated carbocycles. The van der Waals surface area contributed by atoms with Gasteiger partial charge >= 0.3 is 0 Å². The molecule has 0 spiro atoms. The highest BCUT2D eigenvalue weighted by molar-refractivity contribution is 9.10. The molecular weight excluding hydrogens is 282 g/mol. The van der Waals surface area contributed by atoms with E-state index in [1.54, 1.807) is 0 Å². The van der Waals surface area contributed by atoms with E-state index in [4.69, 9.17) is 5.73 Å². The number of nitrogen functional groups attached to an aromatic ring is 1. The number of nitrogens with two attached hydrogens (primary N) is 1. The van der Waals surface area contributed by atoms with Crippen LogP contribution in [-0.2, 0) is 4.79 Å². The Hall–Kier alpha value is -1.23. The van der Waals surface area contributed by atoms with Crippen LogP contribution in [0.25, 0.3) is 0 Å². The van der Waals surface area contributed by atoms with Gasteiger partial charge in [0.2, 0.25) is 5.91 Å². The molecule has 1 rings (SSSR count). The molecule has 0 atom stereocenters. The fourth-order valence-corrected chi connectivity index (χ4v) is 1.99. The van der Waals surface area contributed by atoms with E-state index in [0.717, 1.165) is 16.7 Å². The van der Waals surface area contributed by atoms with Crippen LogP contribution in [0.4, 0.5) is 11.4 Å². The van der Waals surface area contributed by atoms with Gasteiger partial charge in [0.05, 0.1) is 17.9 Å². The predicted molar refractivity (Wildman–Crippen MR) is 75.1 cm³/mol. The van der Waals surface area contributed by atoms with Gasteiger partial charge in [0.15, 0.2) is 0 Å². The number of benzene rings is 1. The molecule has 0 bridgehead atoms. The van der Waals surface area contributed by atoms with Crippen molar-refractivity contribution < 1.29 is 4.79 Å². The summed E-state index contributed by atoms with van der Waals surface area (Å²) in [6.07, 6.45) is 0. The number of anilines is 2. The Morgan fingerprint density at radius 2 is 2.18 bits per heavy atom. The molecule has 0 aromatic heterocycles. The Bertz CT molecular complexity index is 395. The van der Waals surface area contributed by atoms with Crippen molar-refractivity contribution in [3.8, 4) is 0 Å². The molecule has 1 aromatic carbocycles. The number of halogens is 1. The molecule has 17 heavy (non-hydrogen) atoms. The van der Waals surface area contributed by atoms with Crippen molar-refractivity contribution in [1.29, 1.82) is 0 Å². The number of hydrogen-bond donors (Lipinski definition) is 2. The van der Waals surface area contributed by atoms with Gasteiger partial charge in [-0.05, 0) is 32.0 Å². The molecular formula is C12H18BrN3O. The van der Waals surface area contributed by atoms with Crippen LogP contribution in [0.3, 0.4) is 0 Å². The van der Waals surface area contributed by atoms with Crippen molar-refractivity contribution >= 4 is 33.2 Å². The van der Waals surface area contributed by atoms with Gasteiger partial charge < -0.3 is 16.0 Å². The number of likely N-dealkylation sites (N-methyl/N-ethyl adjacent to an activating group) is 2. The summed E-state index contributed by atoms with van der Waals surface area (Å²) in [4.78, 5) is 13.5. The first kappa shape index (κ1) is 13.8. The topological polar surface area (TPSA) is 58.4 Å². The first-order valence-corrected chi connectivity index (χ1v) is 6.44. The molecule has 5 heteroatoms. The SMILES string of the molecule is CCNC(=O)CN(CC)c1ccc(Br)cc1N. The van der Waals surface area contributed by atoms with Crippen molar-refractivity contribution in [2.24, 2.45) is 0 Å². The number of nitrogens with zero attached hydrogens (tertiary/aromatic N) is 1. The highest BCUT2D eigenvalue weighted by atomic mass is 79.9. The lowest BCUT2D eigenvalue weighted by molar-refractivity contribution is -0.119. The molecule has 4 nitrogen and oxygen atoms in total. The minimum absolute atomic E-state index is 0.0108. The minimum Gasteiger partial charge on any atom is -0.397 e. The molecule has 0 aliphatic carbocycles. The van der Waals surface area contributed by atoms with Crippen molar-refractivity contribution in [1.82, 2.24) is 5.32 Å². The van der Waals surface area contributed by atoms with Gasteiger partial charge in [0, 0.05) is 17.6 Å². The lowest BCUT2D eigenvalue weighted by Gasteiger charge is -2.24. The van der Waals surface area contributed by atoms with Crippen LogP contribution in [0.1, 0.15) is 13.8 Å². The van der Waals surface area contributed by atoms with E-state index in [0.29, 0.717) is 18.8 Å². The maximum atomic E-state index is 11.6. The quantitative estimate of drug-likeness (QED) is 0.818. The maximum Gasteiger partial charge on any atom is 0.239 e. The second kappa shape index (κ2) is 6.49. The highest BCUT2D eigenvalue weighted by Crippen LogP contribution is 2.26. The van der Waals surface area contributed by atoms with Crippen LogP contribution in [0.5, 0.6) is 0 Å². The maximum absolute atomic E-state index is 11.6. The predicted octanol–water partition coefficient (Wildman–Crippen LogP) is 1.99. The number of amides is 1. The molecule has 0 saturated heterocycles. The summed E-state index contributed by atoms with van der Waals surface area (Å²) in [7, 11) is 0. The van der Waals surface area contributed by atoms with Gasteiger partial charge in [-0.25, -0.2) is 0 Å². The summed E-state index contributed by atoms with van der Waals surface area (Å²) in [5.41, 5.74) is 7.51. The van der Waals surface area contributed by atoms with Gasteiger partial charge in [-0.2, -0.15) is 0 Å². The third-order valence-corrected chi connectivity index (χ3v) is 2.91. The Labute approximate surface area is 110 Å². The molecule has 3 N–H and O–H groups in total. The fraction of sp³-hybridized carbons (Fsp3) is 0.417. The van der Waals surface area contributed by atoms with E-state index < -0.39 is 0 Å². The monoisotopic (exact) mass is 299 g/mol. The van der Waals surface area contributed by atoms with Crippen LogP contribution in [-0.4, -0.2) is 25.5 Å². The summed E-state index contributed by atoms with van der Waals surface area (Å²) in [6.45, 7) is 5.62. The van der Waals surface area contributed by atoms with E-state index in [9.17, 15) is 4.79 Å². The average Bonchev–Trinajstić information content (AvgIpc) is 2.27. The van der Waals surface area contributed by atoms with Crippen LogP contribution in [0.15, 0.2) is 22.7 Å². The molecule has 94 valence electrons. The molecule has 1 amide bonds. The Kier molecular flexibility index (Phi) is 5.28. The van der Waals surface area contributed by atoms with Crippen molar-refractivity contribution in [2.75, 3.05) is 30.3 Å². The lowest BCUT2D eigenvalue weighted by atomic mass is 10.2. The second-order valence-corrected chi connectivity index (χ2v) is 4.59. The number of rotatable bonds is 5. The van der Waals surface area contributed by atoms with Gasteiger partial charge in [-0.1, -0.05) is 15.9 Å². The summed E-state index contributed by atoms with van der Waals surface area (Å²) >= 11 is 3.37. The number of nitrogens with one attached hydrogen (secondary N) is 1. The number of carbonyl (C=O) groups is 1. The van der Waals surface area contributed by atoms with E-state index in [1.807, 2.05) is 36.9 Å². The molecule has 0 heterocycles. The highest BCUT2D eigenvalue weighted by Gasteiger charge is 2.11. The van der Waals surface area contributed by atoms with Crippen molar-refractivity contribution in [2.45, 2.75) is 13.8 Å². The third kappa shape index (κ3) is 3.93. The van der Waals surface area contributed by atoms with Gasteiger partial charge in [0.25, 0.3) is 0 Å². The Morgan fingerprint density at radius 1 is 1.47 bits per heavy atom. The third-order valence-electron chi connectivity index (χ3n) is 2.42. The smallest absolute Gasteiger partial charge is 0.239 e. The van der Waals surface area contributed by atoms with Crippen LogP contribution >= 0.6 is 15.9 Å². The summed E-state index contributed by atoms with van der Waals surface area (Å²) in [6, 6.07) is 5.68. The summed E-state index contributed by atoms with van der Waals surface area (Å²) < 4.78 is 0.938. The first-order chi connectivity index (χ1) is 8.08. The largest absolute Gasteiger partial charge is 0.397 e. The van der Waals surface area contributed by atoms with E-state index in [-0.39, 0.29) is 5.91 Å². The summed E-state index contributed by atoms with van der Waals surface area (Å²) in [5, 5.41) is 2.78.